The monoisotopic (exact) mass is 638 g/mol. The summed E-state index contributed by atoms with van der Waals surface area (Å²) in [5.74, 6) is 3.68. The predicted molar refractivity (Wildman–Crippen MR) is 179 cm³/mol. The molecule has 2 fully saturated rings. The molecule has 2 aliphatic carbocycles. The fourth-order valence-corrected chi connectivity index (χ4v) is 15.0. The molecule has 0 bridgehead atoms. The third-order valence-electron chi connectivity index (χ3n) is 10.2. The van der Waals surface area contributed by atoms with Gasteiger partial charge in [0.25, 0.3) is 0 Å². The van der Waals surface area contributed by atoms with E-state index in [0.717, 1.165) is 17.8 Å². The first-order valence-corrected chi connectivity index (χ1v) is 20.9. The van der Waals surface area contributed by atoms with Gasteiger partial charge in [0.2, 0.25) is 0 Å². The molecule has 0 amide bonds. The van der Waals surface area contributed by atoms with Crippen molar-refractivity contribution in [2.45, 2.75) is 89.9 Å². The van der Waals surface area contributed by atoms with Gasteiger partial charge in [0, 0.05) is 0 Å². The SMILES string of the molecule is CCCCCC1CCC(C2CCC(c3ccccc3P(C)(I)(c3ccccc3)c3ccccc3)CC2)CC1. The van der Waals surface area contributed by atoms with Crippen molar-refractivity contribution < 1.29 is 0 Å². The van der Waals surface area contributed by atoms with Gasteiger partial charge in [0.1, 0.15) is 0 Å². The van der Waals surface area contributed by atoms with Crippen LogP contribution in [0.2, 0.25) is 0 Å². The van der Waals surface area contributed by atoms with Gasteiger partial charge in [-0.15, -0.1) is 0 Å². The van der Waals surface area contributed by atoms with Gasteiger partial charge in [-0.3, -0.25) is 0 Å². The molecule has 0 nitrogen and oxygen atoms in total. The molecule has 0 saturated heterocycles. The third kappa shape index (κ3) is 5.81. The quantitative estimate of drug-likeness (QED) is 0.124. The molecule has 0 N–H and O–H groups in total. The van der Waals surface area contributed by atoms with Gasteiger partial charge in [-0.1, -0.05) is 19.8 Å². The van der Waals surface area contributed by atoms with Gasteiger partial charge in [-0.25, -0.2) is 0 Å². The van der Waals surface area contributed by atoms with Crippen LogP contribution in [0.1, 0.15) is 95.5 Å². The number of hydrogen-bond acceptors (Lipinski definition) is 0. The normalized spacial score (nSPS) is 25.4. The Morgan fingerprint density at radius 1 is 0.632 bits per heavy atom. The summed E-state index contributed by atoms with van der Waals surface area (Å²) in [6, 6.07) is 32.3. The Balaban J connectivity index is 1.35. The summed E-state index contributed by atoms with van der Waals surface area (Å²) in [5.41, 5.74) is 1.63. The predicted octanol–water partition coefficient (Wildman–Crippen LogP) is 10.2. The van der Waals surface area contributed by atoms with Gasteiger partial charge in [-0.05, 0) is 0 Å². The van der Waals surface area contributed by atoms with Crippen molar-refractivity contribution in [1.29, 1.82) is 0 Å². The second-order valence-corrected chi connectivity index (χ2v) is 24.2. The van der Waals surface area contributed by atoms with Crippen LogP contribution in [0.5, 0.6) is 0 Å². The van der Waals surface area contributed by atoms with Gasteiger partial charge in [0.15, 0.2) is 0 Å². The molecular weight excluding hydrogens is 590 g/mol. The van der Waals surface area contributed by atoms with Gasteiger partial charge in [-0.2, -0.15) is 0 Å². The molecule has 2 saturated carbocycles. The van der Waals surface area contributed by atoms with E-state index in [1.54, 1.807) is 10.9 Å². The summed E-state index contributed by atoms with van der Waals surface area (Å²) < 4.78 is -2.62. The van der Waals surface area contributed by atoms with E-state index in [1.807, 2.05) is 0 Å². The Bertz CT molecular complexity index is 1090. The van der Waals surface area contributed by atoms with E-state index in [9.17, 15) is 0 Å². The minimum absolute atomic E-state index is 0.691. The molecule has 0 heterocycles. The van der Waals surface area contributed by atoms with Crippen LogP contribution < -0.4 is 15.9 Å². The summed E-state index contributed by atoms with van der Waals surface area (Å²) in [7, 11) is 0. The van der Waals surface area contributed by atoms with Gasteiger partial charge < -0.3 is 0 Å². The van der Waals surface area contributed by atoms with Gasteiger partial charge in [0.05, 0.1) is 0 Å². The second-order valence-electron chi connectivity index (χ2n) is 12.5. The maximum absolute atomic E-state index is 2.91. The van der Waals surface area contributed by atoms with Crippen molar-refractivity contribution in [3.63, 3.8) is 0 Å². The zero-order chi connectivity index (χ0) is 26.5. The summed E-state index contributed by atoms with van der Waals surface area (Å²) >= 11 is 2.91. The molecule has 0 spiro atoms. The summed E-state index contributed by atoms with van der Waals surface area (Å²) in [6.45, 7) is 4.91. The molecule has 0 aromatic heterocycles. The molecule has 0 aliphatic heterocycles. The van der Waals surface area contributed by atoms with E-state index in [2.05, 4.69) is 121 Å². The molecule has 3 aromatic carbocycles. The first-order chi connectivity index (χ1) is 18.5. The molecule has 0 unspecified atom stereocenters. The van der Waals surface area contributed by atoms with Crippen molar-refractivity contribution >= 4 is 42.2 Å². The van der Waals surface area contributed by atoms with Crippen LogP contribution in [0.4, 0.5) is 0 Å². The van der Waals surface area contributed by atoms with E-state index in [0.29, 0.717) is 5.92 Å². The first-order valence-electron chi connectivity index (χ1n) is 15.4. The zero-order valence-corrected chi connectivity index (χ0v) is 26.8. The molecule has 5 rings (SSSR count). The number of benzene rings is 3. The van der Waals surface area contributed by atoms with Crippen LogP contribution in [0.25, 0.3) is 0 Å². The van der Waals surface area contributed by atoms with Crippen molar-refractivity contribution in [2.24, 2.45) is 17.8 Å². The Morgan fingerprint density at radius 2 is 1.13 bits per heavy atom. The van der Waals surface area contributed by atoms with Crippen molar-refractivity contribution in [1.82, 2.24) is 0 Å². The average molecular weight is 639 g/mol. The summed E-state index contributed by atoms with van der Waals surface area (Å²) in [5, 5.41) is 4.58. The summed E-state index contributed by atoms with van der Waals surface area (Å²) in [6.07, 6.45) is 17.4. The van der Waals surface area contributed by atoms with E-state index < -0.39 is 4.25 Å². The maximum atomic E-state index is 2.91. The molecule has 0 radical (unpaired) electrons. The fraction of sp³-hybridized carbons (Fsp3) is 0.500. The Labute approximate surface area is 245 Å². The second kappa shape index (κ2) is 12.6. The van der Waals surface area contributed by atoms with Crippen LogP contribution in [0, 0.1) is 17.8 Å². The molecule has 38 heavy (non-hydrogen) atoms. The van der Waals surface area contributed by atoms with E-state index in [-0.39, 0.29) is 0 Å². The molecule has 0 atom stereocenters. The standard InChI is InChI=1S/C36H48IP/c1-3-4-7-14-29-21-23-30(24-22-29)31-25-27-32(28-26-31)35-19-12-13-20-36(35)38(2,37,33-15-8-5-9-16-33)34-17-10-6-11-18-34/h5-6,8-13,15-20,29-32H,3-4,7,14,21-28H2,1-2H3. The Kier molecular flexibility index (Phi) is 9.37. The fourth-order valence-electron chi connectivity index (χ4n) is 7.84. The van der Waals surface area contributed by atoms with Crippen LogP contribution in [0.3, 0.4) is 0 Å². The van der Waals surface area contributed by atoms with E-state index in [1.165, 1.54) is 87.7 Å². The molecule has 2 heteroatoms. The summed E-state index contributed by atoms with van der Waals surface area (Å²) in [4.78, 5) is 0. The van der Waals surface area contributed by atoms with Crippen LogP contribution >= 0.6 is 26.3 Å². The van der Waals surface area contributed by atoms with Gasteiger partial charge >= 0.3 is 227 Å². The van der Waals surface area contributed by atoms with Crippen molar-refractivity contribution in [3.8, 4) is 0 Å². The topological polar surface area (TPSA) is 0 Å². The van der Waals surface area contributed by atoms with Crippen molar-refractivity contribution in [3.05, 3.63) is 90.5 Å². The average Bonchev–Trinajstić information content (AvgIpc) is 2.99. The van der Waals surface area contributed by atoms with Crippen LogP contribution in [0.15, 0.2) is 84.9 Å². The Hall–Kier alpha value is -1.18. The van der Waals surface area contributed by atoms with Crippen molar-refractivity contribution in [2.75, 3.05) is 6.66 Å². The number of unbranched alkanes of at least 4 members (excludes halogenated alkanes) is 2. The molecule has 3 aromatic rings. The van der Waals surface area contributed by atoms with Crippen LogP contribution in [-0.4, -0.2) is 6.66 Å². The van der Waals surface area contributed by atoms with E-state index in [4.69, 9.17) is 0 Å². The molecule has 2 aliphatic rings. The number of halogens is 1. The third-order valence-corrected chi connectivity index (χ3v) is 19.7. The number of rotatable bonds is 9. The molecular formula is C36H48IP. The molecule has 204 valence electrons. The zero-order valence-electron chi connectivity index (χ0n) is 23.7. The minimum atomic E-state index is -2.62. The number of hydrogen-bond donors (Lipinski definition) is 0. The first kappa shape index (κ1) is 28.4. The van der Waals surface area contributed by atoms with E-state index >= 15 is 0 Å². The Morgan fingerprint density at radius 3 is 1.68 bits per heavy atom. The van der Waals surface area contributed by atoms with Crippen LogP contribution in [-0.2, 0) is 0 Å².